The fourth-order valence-electron chi connectivity index (χ4n) is 3.66. The van der Waals surface area contributed by atoms with E-state index < -0.39 is 5.82 Å². The summed E-state index contributed by atoms with van der Waals surface area (Å²) in [6.45, 7) is 1.81. The fraction of sp³-hybridized carbons (Fsp3) is 0.348. The largest absolute Gasteiger partial charge is 0.396 e. The molecule has 1 aliphatic heterocycles. The molecule has 8 nitrogen and oxygen atoms in total. The Balaban J connectivity index is 1.45. The Hall–Kier alpha value is -3.46. The number of hydrogen-bond acceptors (Lipinski definition) is 7. The first-order valence-electron chi connectivity index (χ1n) is 10.7. The van der Waals surface area contributed by atoms with Crippen molar-refractivity contribution in [2.45, 2.75) is 32.2 Å². The normalized spacial score (nSPS) is 13.0. The van der Waals surface area contributed by atoms with Crippen LogP contribution < -0.4 is 10.2 Å². The predicted octanol–water partition coefficient (Wildman–Crippen LogP) is 2.53. The zero-order valence-electron chi connectivity index (χ0n) is 17.7. The summed E-state index contributed by atoms with van der Waals surface area (Å²) in [4.78, 5) is 31.9. The number of aliphatic hydroxyl groups excluding tert-OH is 1. The van der Waals surface area contributed by atoms with Crippen LogP contribution in [0.1, 0.15) is 40.9 Å². The second-order valence-electron chi connectivity index (χ2n) is 7.65. The van der Waals surface area contributed by atoms with Gasteiger partial charge < -0.3 is 15.3 Å². The Morgan fingerprint density at radius 3 is 2.75 bits per heavy atom. The second kappa shape index (κ2) is 10.2. The summed E-state index contributed by atoms with van der Waals surface area (Å²) in [5, 5.41) is 11.6. The van der Waals surface area contributed by atoms with E-state index in [1.165, 1.54) is 12.1 Å². The number of anilines is 1. The standard InChI is InChI=1S/C23H25FN6O2/c24-18-11-16(23(32)27-6-2-1-3-10-31)12-19(13-18)30-9-5-20-17(15-30)14-28-22(29-20)21-25-7-4-8-26-21/h4,7-8,11-14,31H,1-3,5-6,9-10,15H2,(H,27,32). The number of fused-ring (bicyclic) bond motifs is 1. The summed E-state index contributed by atoms with van der Waals surface area (Å²) in [5.74, 6) is 0.214. The van der Waals surface area contributed by atoms with Gasteiger partial charge in [-0.2, -0.15) is 0 Å². The third-order valence-electron chi connectivity index (χ3n) is 5.33. The Labute approximate surface area is 185 Å². The Kier molecular flexibility index (Phi) is 6.96. The van der Waals surface area contributed by atoms with Gasteiger partial charge in [0.05, 0.1) is 5.69 Å². The van der Waals surface area contributed by atoms with E-state index in [4.69, 9.17) is 5.11 Å². The number of aromatic nitrogens is 4. The topological polar surface area (TPSA) is 104 Å². The van der Waals surface area contributed by atoms with Crippen LogP contribution in [-0.4, -0.2) is 50.6 Å². The van der Waals surface area contributed by atoms with Crippen LogP contribution in [0.15, 0.2) is 42.9 Å². The maximum absolute atomic E-state index is 14.3. The van der Waals surface area contributed by atoms with Gasteiger partial charge in [-0.1, -0.05) is 0 Å². The maximum atomic E-state index is 14.3. The minimum absolute atomic E-state index is 0.145. The van der Waals surface area contributed by atoms with Gasteiger partial charge in [-0.15, -0.1) is 0 Å². The molecule has 9 heteroatoms. The van der Waals surface area contributed by atoms with Crippen LogP contribution in [0.2, 0.25) is 0 Å². The second-order valence-corrected chi connectivity index (χ2v) is 7.65. The summed E-state index contributed by atoms with van der Waals surface area (Å²) in [6, 6.07) is 6.14. The molecule has 3 aromatic rings. The quantitative estimate of drug-likeness (QED) is 0.523. The molecule has 1 amide bonds. The lowest BCUT2D eigenvalue weighted by atomic mass is 10.1. The molecule has 0 unspecified atom stereocenters. The van der Waals surface area contributed by atoms with Gasteiger partial charge in [0.25, 0.3) is 5.91 Å². The van der Waals surface area contributed by atoms with Gasteiger partial charge in [0.2, 0.25) is 0 Å². The van der Waals surface area contributed by atoms with Gasteiger partial charge in [-0.3, -0.25) is 4.79 Å². The lowest BCUT2D eigenvalue weighted by molar-refractivity contribution is 0.0952. The highest BCUT2D eigenvalue weighted by molar-refractivity contribution is 5.95. The van der Waals surface area contributed by atoms with Crippen molar-refractivity contribution in [3.8, 4) is 11.6 Å². The van der Waals surface area contributed by atoms with Crippen LogP contribution in [-0.2, 0) is 13.0 Å². The Morgan fingerprint density at radius 2 is 1.94 bits per heavy atom. The summed E-state index contributed by atoms with van der Waals surface area (Å²) in [5.41, 5.74) is 2.82. The molecular formula is C23H25FN6O2. The molecule has 0 spiro atoms. The van der Waals surface area contributed by atoms with Gasteiger partial charge in [0.1, 0.15) is 5.82 Å². The molecular weight excluding hydrogens is 411 g/mol. The number of halogens is 1. The van der Waals surface area contributed by atoms with Crippen LogP contribution in [0.5, 0.6) is 0 Å². The van der Waals surface area contributed by atoms with Crippen molar-refractivity contribution in [3.63, 3.8) is 0 Å². The molecule has 0 bridgehead atoms. The predicted molar refractivity (Wildman–Crippen MR) is 117 cm³/mol. The van der Waals surface area contributed by atoms with Gasteiger partial charge in [0.15, 0.2) is 11.6 Å². The summed E-state index contributed by atoms with van der Waals surface area (Å²) >= 11 is 0. The number of aliphatic hydroxyl groups is 1. The average Bonchev–Trinajstić information content (AvgIpc) is 2.83. The summed E-state index contributed by atoms with van der Waals surface area (Å²) in [6.07, 6.45) is 8.05. The fourth-order valence-corrected chi connectivity index (χ4v) is 3.66. The molecule has 166 valence electrons. The number of hydrogen-bond donors (Lipinski definition) is 2. The molecule has 0 atom stereocenters. The maximum Gasteiger partial charge on any atom is 0.251 e. The highest BCUT2D eigenvalue weighted by atomic mass is 19.1. The number of nitrogens with zero attached hydrogens (tertiary/aromatic N) is 5. The molecule has 32 heavy (non-hydrogen) atoms. The first-order valence-corrected chi connectivity index (χ1v) is 10.7. The highest BCUT2D eigenvalue weighted by Crippen LogP contribution is 2.26. The number of unbranched alkanes of at least 4 members (excludes halogenated alkanes) is 2. The number of rotatable bonds is 8. The number of nitrogens with one attached hydrogen (secondary N) is 1. The summed E-state index contributed by atoms with van der Waals surface area (Å²) in [7, 11) is 0. The number of amides is 1. The van der Waals surface area contributed by atoms with E-state index in [1.54, 1.807) is 30.7 Å². The van der Waals surface area contributed by atoms with Crippen molar-refractivity contribution in [2.75, 3.05) is 24.6 Å². The van der Waals surface area contributed by atoms with E-state index in [9.17, 15) is 9.18 Å². The van der Waals surface area contributed by atoms with E-state index in [2.05, 4.69) is 25.3 Å². The average molecular weight is 436 g/mol. The molecule has 1 aromatic carbocycles. The monoisotopic (exact) mass is 436 g/mol. The SMILES string of the molecule is O=C(NCCCCCO)c1cc(F)cc(N2CCc3nc(-c4ncccn4)ncc3C2)c1. The first-order chi connectivity index (χ1) is 15.6. The third-order valence-corrected chi connectivity index (χ3v) is 5.33. The van der Waals surface area contributed by atoms with E-state index in [0.29, 0.717) is 55.4 Å². The minimum atomic E-state index is -0.452. The van der Waals surface area contributed by atoms with Gasteiger partial charge in [-0.05, 0) is 43.5 Å². The minimum Gasteiger partial charge on any atom is -0.396 e. The van der Waals surface area contributed by atoms with Crippen molar-refractivity contribution in [1.29, 1.82) is 0 Å². The van der Waals surface area contributed by atoms with Crippen molar-refractivity contribution in [1.82, 2.24) is 25.3 Å². The van der Waals surface area contributed by atoms with Crippen LogP contribution in [0.25, 0.3) is 11.6 Å². The third kappa shape index (κ3) is 5.23. The molecule has 0 saturated heterocycles. The van der Waals surface area contributed by atoms with Crippen molar-refractivity contribution >= 4 is 11.6 Å². The Bertz CT molecular complexity index is 1080. The molecule has 2 N–H and O–H groups in total. The van der Waals surface area contributed by atoms with E-state index in [1.807, 2.05) is 4.90 Å². The van der Waals surface area contributed by atoms with E-state index in [0.717, 1.165) is 24.1 Å². The van der Waals surface area contributed by atoms with Gasteiger partial charge in [0, 0.05) is 68.1 Å². The zero-order valence-corrected chi connectivity index (χ0v) is 17.7. The Morgan fingerprint density at radius 1 is 1.09 bits per heavy atom. The van der Waals surface area contributed by atoms with Crippen molar-refractivity contribution < 1.29 is 14.3 Å². The lowest BCUT2D eigenvalue weighted by Gasteiger charge is -2.30. The van der Waals surface area contributed by atoms with Gasteiger partial charge >= 0.3 is 0 Å². The van der Waals surface area contributed by atoms with E-state index in [-0.39, 0.29) is 12.5 Å². The smallest absolute Gasteiger partial charge is 0.251 e. The van der Waals surface area contributed by atoms with Crippen LogP contribution in [0.3, 0.4) is 0 Å². The number of carbonyl (C=O) groups is 1. The molecule has 3 heterocycles. The molecule has 0 aliphatic carbocycles. The number of carbonyl (C=O) groups excluding carboxylic acids is 1. The molecule has 0 fully saturated rings. The van der Waals surface area contributed by atoms with Crippen molar-refractivity contribution in [3.05, 3.63) is 65.5 Å². The van der Waals surface area contributed by atoms with Crippen LogP contribution >= 0.6 is 0 Å². The molecule has 4 rings (SSSR count). The van der Waals surface area contributed by atoms with E-state index >= 15 is 0 Å². The molecule has 0 saturated carbocycles. The molecule has 0 radical (unpaired) electrons. The number of benzene rings is 1. The lowest BCUT2D eigenvalue weighted by Crippen LogP contribution is -2.32. The summed E-state index contributed by atoms with van der Waals surface area (Å²) < 4.78 is 14.3. The van der Waals surface area contributed by atoms with Crippen LogP contribution in [0.4, 0.5) is 10.1 Å². The van der Waals surface area contributed by atoms with Gasteiger partial charge in [-0.25, -0.2) is 24.3 Å². The highest BCUT2D eigenvalue weighted by Gasteiger charge is 2.21. The molecule has 2 aromatic heterocycles. The van der Waals surface area contributed by atoms with Crippen LogP contribution in [0, 0.1) is 5.82 Å². The first kappa shape index (κ1) is 21.8. The zero-order chi connectivity index (χ0) is 22.3. The molecule has 1 aliphatic rings. The van der Waals surface area contributed by atoms with Crippen molar-refractivity contribution in [2.24, 2.45) is 0 Å².